The number of rotatable bonds is 3. The molecule has 0 aliphatic heterocycles. The molecule has 1 heterocycles. The van der Waals surface area contributed by atoms with Gasteiger partial charge in [-0.2, -0.15) is 10.2 Å². The van der Waals surface area contributed by atoms with Gasteiger partial charge in [-0.25, -0.2) is 4.39 Å². The Hall–Kier alpha value is -1.81. The van der Waals surface area contributed by atoms with Crippen LogP contribution in [0.3, 0.4) is 0 Å². The van der Waals surface area contributed by atoms with Crippen LogP contribution in [0.1, 0.15) is 35.5 Å². The quantitative estimate of drug-likeness (QED) is 0.904. The molecule has 0 spiro atoms. The summed E-state index contributed by atoms with van der Waals surface area (Å²) in [5.74, 6) is -0.278. The third-order valence-electron chi connectivity index (χ3n) is 2.90. The van der Waals surface area contributed by atoms with E-state index in [1.165, 1.54) is 12.1 Å². The van der Waals surface area contributed by atoms with E-state index in [2.05, 4.69) is 10.2 Å². The van der Waals surface area contributed by atoms with E-state index in [1.54, 1.807) is 6.07 Å². The number of nitrogens with zero attached hydrogens (tertiary/aromatic N) is 2. The lowest BCUT2D eigenvalue weighted by atomic mass is 9.97. The molecule has 1 aromatic heterocycles. The van der Waals surface area contributed by atoms with Crippen LogP contribution in [-0.2, 0) is 6.42 Å². The second kappa shape index (κ2) is 5.23. The van der Waals surface area contributed by atoms with Crippen molar-refractivity contribution < 1.29 is 4.39 Å². The van der Waals surface area contributed by atoms with Crippen LogP contribution < -0.4 is 5.73 Å². The second-order valence-electron chi connectivity index (χ2n) is 4.27. The SMILES string of the molecule is CCc1nnc(C)cc1C(N)c1cccc(F)c1. The molecule has 4 heteroatoms. The van der Waals surface area contributed by atoms with Gasteiger partial charge in [0.05, 0.1) is 17.4 Å². The molecule has 2 rings (SSSR count). The van der Waals surface area contributed by atoms with Gasteiger partial charge >= 0.3 is 0 Å². The third-order valence-corrected chi connectivity index (χ3v) is 2.90. The topological polar surface area (TPSA) is 51.8 Å². The normalized spacial score (nSPS) is 12.4. The third kappa shape index (κ3) is 2.54. The fourth-order valence-electron chi connectivity index (χ4n) is 1.96. The summed E-state index contributed by atoms with van der Waals surface area (Å²) in [7, 11) is 0. The zero-order chi connectivity index (χ0) is 13.1. The smallest absolute Gasteiger partial charge is 0.123 e. The molecule has 1 atom stereocenters. The molecule has 2 aromatic rings. The van der Waals surface area contributed by atoms with Gasteiger partial charge in [0.25, 0.3) is 0 Å². The minimum absolute atomic E-state index is 0.278. The molecular weight excluding hydrogens is 229 g/mol. The van der Waals surface area contributed by atoms with Gasteiger partial charge in [-0.05, 0) is 42.7 Å². The Morgan fingerprint density at radius 3 is 2.72 bits per heavy atom. The lowest BCUT2D eigenvalue weighted by molar-refractivity contribution is 0.623. The minimum Gasteiger partial charge on any atom is -0.320 e. The van der Waals surface area contributed by atoms with Gasteiger partial charge in [0.15, 0.2) is 0 Å². The van der Waals surface area contributed by atoms with Crippen LogP contribution in [0.2, 0.25) is 0 Å². The molecule has 0 fully saturated rings. The number of aryl methyl sites for hydroxylation is 2. The molecule has 2 N–H and O–H groups in total. The molecule has 94 valence electrons. The molecule has 0 saturated heterocycles. The Kier molecular flexibility index (Phi) is 3.67. The van der Waals surface area contributed by atoms with Crippen molar-refractivity contribution in [2.45, 2.75) is 26.3 Å². The highest BCUT2D eigenvalue weighted by Crippen LogP contribution is 2.23. The van der Waals surface area contributed by atoms with Gasteiger partial charge in [0, 0.05) is 0 Å². The number of nitrogens with two attached hydrogens (primary N) is 1. The van der Waals surface area contributed by atoms with Crippen LogP contribution in [0.5, 0.6) is 0 Å². The molecule has 18 heavy (non-hydrogen) atoms. The molecule has 0 aliphatic rings. The number of aromatic nitrogens is 2. The average molecular weight is 245 g/mol. The maximum Gasteiger partial charge on any atom is 0.123 e. The first-order valence-electron chi connectivity index (χ1n) is 5.96. The van der Waals surface area contributed by atoms with Crippen molar-refractivity contribution in [1.82, 2.24) is 10.2 Å². The van der Waals surface area contributed by atoms with Gasteiger partial charge < -0.3 is 5.73 Å². The van der Waals surface area contributed by atoms with E-state index in [0.29, 0.717) is 0 Å². The Morgan fingerprint density at radius 1 is 1.28 bits per heavy atom. The Morgan fingerprint density at radius 2 is 2.06 bits per heavy atom. The highest BCUT2D eigenvalue weighted by Gasteiger charge is 2.14. The summed E-state index contributed by atoms with van der Waals surface area (Å²) in [6.07, 6.45) is 0.756. The Labute approximate surface area is 106 Å². The average Bonchev–Trinajstić information content (AvgIpc) is 2.38. The van der Waals surface area contributed by atoms with E-state index in [4.69, 9.17) is 5.73 Å². The van der Waals surface area contributed by atoms with Crippen molar-refractivity contribution in [3.63, 3.8) is 0 Å². The van der Waals surface area contributed by atoms with Gasteiger partial charge in [-0.1, -0.05) is 19.1 Å². The number of halogens is 1. The van der Waals surface area contributed by atoms with Gasteiger partial charge in [-0.3, -0.25) is 0 Å². The van der Waals surface area contributed by atoms with Crippen molar-refractivity contribution in [3.8, 4) is 0 Å². The molecule has 0 amide bonds. The standard InChI is InChI=1S/C14H16FN3/c1-3-13-12(7-9(2)17-18-13)14(16)10-5-4-6-11(15)8-10/h4-8,14H,3,16H2,1-2H3. The first-order chi connectivity index (χ1) is 8.61. The maximum absolute atomic E-state index is 13.2. The highest BCUT2D eigenvalue weighted by atomic mass is 19.1. The number of hydrogen-bond acceptors (Lipinski definition) is 3. The van der Waals surface area contributed by atoms with Gasteiger partial charge in [-0.15, -0.1) is 0 Å². The summed E-state index contributed by atoms with van der Waals surface area (Å²) in [4.78, 5) is 0. The van der Waals surface area contributed by atoms with E-state index in [0.717, 1.165) is 28.9 Å². The largest absolute Gasteiger partial charge is 0.320 e. The summed E-state index contributed by atoms with van der Waals surface area (Å²) in [5, 5.41) is 8.17. The van der Waals surface area contributed by atoms with Crippen LogP contribution in [0.15, 0.2) is 30.3 Å². The highest BCUT2D eigenvalue weighted by molar-refractivity contribution is 5.34. The molecule has 0 saturated carbocycles. The summed E-state index contributed by atoms with van der Waals surface area (Å²) in [5.41, 5.74) is 9.53. The predicted molar refractivity (Wildman–Crippen MR) is 68.6 cm³/mol. The van der Waals surface area contributed by atoms with Crippen molar-refractivity contribution in [2.75, 3.05) is 0 Å². The van der Waals surface area contributed by atoms with Crippen LogP contribution in [0, 0.1) is 12.7 Å². The van der Waals surface area contributed by atoms with Crippen LogP contribution in [0.4, 0.5) is 4.39 Å². The molecule has 3 nitrogen and oxygen atoms in total. The zero-order valence-corrected chi connectivity index (χ0v) is 10.5. The first-order valence-corrected chi connectivity index (χ1v) is 5.96. The first kappa shape index (κ1) is 12.6. The van der Waals surface area contributed by atoms with Crippen LogP contribution in [-0.4, -0.2) is 10.2 Å². The molecule has 1 unspecified atom stereocenters. The van der Waals surface area contributed by atoms with E-state index in [-0.39, 0.29) is 11.9 Å². The molecule has 0 bridgehead atoms. The second-order valence-corrected chi connectivity index (χ2v) is 4.27. The van der Waals surface area contributed by atoms with Gasteiger partial charge in [0.2, 0.25) is 0 Å². The number of benzene rings is 1. The molecule has 1 aromatic carbocycles. The monoisotopic (exact) mass is 245 g/mol. The Bertz CT molecular complexity index is 554. The zero-order valence-electron chi connectivity index (χ0n) is 10.5. The predicted octanol–water partition coefficient (Wildman–Crippen LogP) is 2.53. The fourth-order valence-corrected chi connectivity index (χ4v) is 1.96. The fraction of sp³-hybridized carbons (Fsp3) is 0.286. The molecule has 0 aliphatic carbocycles. The van der Waals surface area contributed by atoms with Crippen molar-refractivity contribution in [3.05, 3.63) is 58.7 Å². The number of hydrogen-bond donors (Lipinski definition) is 1. The minimum atomic E-state index is -0.371. The summed E-state index contributed by atoms with van der Waals surface area (Å²) in [6.45, 7) is 3.87. The lowest BCUT2D eigenvalue weighted by Gasteiger charge is -2.15. The van der Waals surface area contributed by atoms with E-state index in [9.17, 15) is 4.39 Å². The molecular formula is C14H16FN3. The maximum atomic E-state index is 13.2. The van der Waals surface area contributed by atoms with E-state index >= 15 is 0 Å². The summed E-state index contributed by atoms with van der Waals surface area (Å²) >= 11 is 0. The van der Waals surface area contributed by atoms with E-state index < -0.39 is 0 Å². The van der Waals surface area contributed by atoms with Crippen LogP contribution >= 0.6 is 0 Å². The summed E-state index contributed by atoms with van der Waals surface area (Å²) in [6, 6.07) is 7.90. The summed E-state index contributed by atoms with van der Waals surface area (Å²) < 4.78 is 13.2. The van der Waals surface area contributed by atoms with Crippen molar-refractivity contribution >= 4 is 0 Å². The van der Waals surface area contributed by atoms with Crippen molar-refractivity contribution in [1.29, 1.82) is 0 Å². The van der Waals surface area contributed by atoms with E-state index in [1.807, 2.05) is 26.0 Å². The lowest BCUT2D eigenvalue weighted by Crippen LogP contribution is -2.16. The van der Waals surface area contributed by atoms with Crippen molar-refractivity contribution in [2.24, 2.45) is 5.73 Å². The molecule has 0 radical (unpaired) electrons. The van der Waals surface area contributed by atoms with Crippen LogP contribution in [0.25, 0.3) is 0 Å². The Balaban J connectivity index is 2.44. The van der Waals surface area contributed by atoms with Gasteiger partial charge in [0.1, 0.15) is 5.82 Å².